The Kier molecular flexibility index (Phi) is 4.34. The molecule has 4 nitrogen and oxygen atoms in total. The predicted molar refractivity (Wildman–Crippen MR) is 76.2 cm³/mol. The Bertz CT molecular complexity index is 469. The molecule has 0 spiro atoms. The zero-order chi connectivity index (χ0) is 13.2. The van der Waals surface area contributed by atoms with E-state index in [-0.39, 0.29) is 12.3 Å². The Morgan fingerprint density at radius 3 is 2.78 bits per heavy atom. The van der Waals surface area contributed by atoms with Gasteiger partial charge in [-0.1, -0.05) is 0 Å². The number of carbonyl (C=O) groups excluding carboxylic acids is 1. The summed E-state index contributed by atoms with van der Waals surface area (Å²) in [5.74, 6) is 0.0572. The first-order chi connectivity index (χ1) is 8.52. The van der Waals surface area contributed by atoms with Gasteiger partial charge in [0.1, 0.15) is 5.54 Å². The number of thiophene rings is 1. The van der Waals surface area contributed by atoms with Crippen molar-refractivity contribution >= 4 is 50.9 Å². The normalized spacial score (nSPS) is 22.9. The summed E-state index contributed by atoms with van der Waals surface area (Å²) in [5.41, 5.74) is -1.07. The number of rotatable bonds is 4. The van der Waals surface area contributed by atoms with Crippen LogP contribution in [-0.4, -0.2) is 34.0 Å². The Morgan fingerprint density at radius 2 is 2.28 bits per heavy atom. The second kappa shape index (κ2) is 5.63. The van der Waals surface area contributed by atoms with Crippen LogP contribution in [0.3, 0.4) is 0 Å². The van der Waals surface area contributed by atoms with Gasteiger partial charge >= 0.3 is 5.97 Å². The molecule has 1 amide bonds. The molecule has 1 unspecified atom stereocenters. The van der Waals surface area contributed by atoms with Crippen molar-refractivity contribution in [1.82, 2.24) is 5.32 Å². The molecule has 0 aromatic carbocycles. The molecule has 2 heterocycles. The number of carbonyl (C=O) groups is 2. The SMILES string of the molecule is O=C(Cc1ccc(Br)s1)NC1(C(=O)O)CCSC1. The molecule has 0 bridgehead atoms. The highest BCUT2D eigenvalue weighted by Gasteiger charge is 2.43. The van der Waals surface area contributed by atoms with Crippen LogP contribution < -0.4 is 5.32 Å². The lowest BCUT2D eigenvalue weighted by atomic mass is 9.99. The van der Waals surface area contributed by atoms with Crippen molar-refractivity contribution in [2.45, 2.75) is 18.4 Å². The van der Waals surface area contributed by atoms with Crippen molar-refractivity contribution in [3.63, 3.8) is 0 Å². The van der Waals surface area contributed by atoms with E-state index in [0.29, 0.717) is 12.2 Å². The molecular formula is C11H12BrNO3S2. The number of nitrogens with one attached hydrogen (secondary N) is 1. The van der Waals surface area contributed by atoms with Crippen LogP contribution >= 0.6 is 39.0 Å². The summed E-state index contributed by atoms with van der Waals surface area (Å²) in [4.78, 5) is 24.1. The lowest BCUT2D eigenvalue weighted by Crippen LogP contribution is -2.55. The van der Waals surface area contributed by atoms with Crippen LogP contribution in [0, 0.1) is 0 Å². The molecule has 1 saturated heterocycles. The maximum absolute atomic E-state index is 11.9. The van der Waals surface area contributed by atoms with Crippen LogP contribution in [-0.2, 0) is 16.0 Å². The summed E-state index contributed by atoms with van der Waals surface area (Å²) in [5, 5.41) is 11.9. The van der Waals surface area contributed by atoms with E-state index >= 15 is 0 Å². The first-order valence-electron chi connectivity index (χ1n) is 5.38. The van der Waals surface area contributed by atoms with Gasteiger partial charge in [0, 0.05) is 10.6 Å². The van der Waals surface area contributed by atoms with Crippen molar-refractivity contribution in [3.8, 4) is 0 Å². The van der Waals surface area contributed by atoms with E-state index in [1.165, 1.54) is 11.3 Å². The molecule has 1 atom stereocenters. The summed E-state index contributed by atoms with van der Waals surface area (Å²) < 4.78 is 0.967. The fourth-order valence-corrected chi connectivity index (χ4v) is 4.61. The average Bonchev–Trinajstić information content (AvgIpc) is 2.89. The van der Waals surface area contributed by atoms with Gasteiger partial charge in [-0.05, 0) is 40.2 Å². The Labute approximate surface area is 121 Å². The predicted octanol–water partition coefficient (Wildman–Crippen LogP) is 2.13. The lowest BCUT2D eigenvalue weighted by Gasteiger charge is -2.24. The number of hydrogen-bond donors (Lipinski definition) is 2. The molecular weight excluding hydrogens is 338 g/mol. The molecule has 1 fully saturated rings. The zero-order valence-corrected chi connectivity index (χ0v) is 12.7. The number of aliphatic carboxylic acids is 1. The number of amides is 1. The van der Waals surface area contributed by atoms with E-state index in [2.05, 4.69) is 21.2 Å². The summed E-state index contributed by atoms with van der Waals surface area (Å²) in [6, 6.07) is 3.75. The fraction of sp³-hybridized carbons (Fsp3) is 0.455. The molecule has 0 radical (unpaired) electrons. The van der Waals surface area contributed by atoms with Crippen molar-refractivity contribution in [2.24, 2.45) is 0 Å². The molecule has 18 heavy (non-hydrogen) atoms. The van der Waals surface area contributed by atoms with Crippen LogP contribution in [0.5, 0.6) is 0 Å². The Hall–Kier alpha value is -0.530. The second-order valence-corrected chi connectivity index (χ2v) is 7.77. The second-order valence-electron chi connectivity index (χ2n) is 4.12. The molecule has 98 valence electrons. The first kappa shape index (κ1) is 13.9. The van der Waals surface area contributed by atoms with Crippen LogP contribution in [0.4, 0.5) is 0 Å². The average molecular weight is 350 g/mol. The molecule has 1 aliphatic rings. The van der Waals surface area contributed by atoms with E-state index in [9.17, 15) is 14.7 Å². The van der Waals surface area contributed by atoms with Crippen molar-refractivity contribution in [1.29, 1.82) is 0 Å². The number of carboxylic acids is 1. The minimum Gasteiger partial charge on any atom is -0.479 e. The van der Waals surface area contributed by atoms with Gasteiger partial charge in [0.25, 0.3) is 0 Å². The van der Waals surface area contributed by atoms with Gasteiger partial charge in [0.2, 0.25) is 5.91 Å². The molecule has 0 aliphatic carbocycles. The van der Waals surface area contributed by atoms with E-state index in [0.717, 1.165) is 14.4 Å². The van der Waals surface area contributed by atoms with E-state index in [1.54, 1.807) is 11.8 Å². The Morgan fingerprint density at radius 1 is 1.50 bits per heavy atom. The summed E-state index contributed by atoms with van der Waals surface area (Å²) >= 11 is 6.38. The molecule has 2 N–H and O–H groups in total. The van der Waals surface area contributed by atoms with Gasteiger partial charge in [-0.3, -0.25) is 4.79 Å². The summed E-state index contributed by atoms with van der Waals surface area (Å²) in [6.45, 7) is 0. The fourth-order valence-electron chi connectivity index (χ4n) is 1.80. The van der Waals surface area contributed by atoms with Crippen LogP contribution in [0.1, 0.15) is 11.3 Å². The smallest absolute Gasteiger partial charge is 0.330 e. The topological polar surface area (TPSA) is 66.4 Å². The highest BCUT2D eigenvalue weighted by atomic mass is 79.9. The lowest BCUT2D eigenvalue weighted by molar-refractivity contribution is -0.146. The van der Waals surface area contributed by atoms with Gasteiger partial charge in [-0.2, -0.15) is 11.8 Å². The van der Waals surface area contributed by atoms with Crippen molar-refractivity contribution in [2.75, 3.05) is 11.5 Å². The number of hydrogen-bond acceptors (Lipinski definition) is 4. The monoisotopic (exact) mass is 349 g/mol. The molecule has 1 aromatic heterocycles. The van der Waals surface area contributed by atoms with Crippen molar-refractivity contribution in [3.05, 3.63) is 20.8 Å². The van der Waals surface area contributed by atoms with E-state index in [4.69, 9.17) is 0 Å². The van der Waals surface area contributed by atoms with Crippen molar-refractivity contribution < 1.29 is 14.7 Å². The Balaban J connectivity index is 1.99. The highest BCUT2D eigenvalue weighted by molar-refractivity contribution is 9.11. The number of thioether (sulfide) groups is 1. The van der Waals surface area contributed by atoms with Gasteiger partial charge in [0.15, 0.2) is 0 Å². The van der Waals surface area contributed by atoms with Gasteiger partial charge in [-0.15, -0.1) is 11.3 Å². The summed E-state index contributed by atoms with van der Waals surface area (Å²) in [7, 11) is 0. The third-order valence-corrected chi connectivity index (χ3v) is 5.59. The van der Waals surface area contributed by atoms with E-state index in [1.807, 2.05) is 12.1 Å². The highest BCUT2D eigenvalue weighted by Crippen LogP contribution is 2.29. The zero-order valence-electron chi connectivity index (χ0n) is 9.44. The maximum Gasteiger partial charge on any atom is 0.330 e. The minimum absolute atomic E-state index is 0.228. The molecule has 1 aliphatic heterocycles. The van der Waals surface area contributed by atoms with Gasteiger partial charge in [-0.25, -0.2) is 4.79 Å². The van der Waals surface area contributed by atoms with Crippen LogP contribution in [0.2, 0.25) is 0 Å². The standard InChI is InChI=1S/C11H12BrNO3S2/c12-8-2-1-7(18-8)5-9(14)13-11(10(15)16)3-4-17-6-11/h1-2H,3-6H2,(H,13,14)(H,15,16). The van der Waals surface area contributed by atoms with Crippen LogP contribution in [0.25, 0.3) is 0 Å². The van der Waals surface area contributed by atoms with E-state index < -0.39 is 11.5 Å². The summed E-state index contributed by atoms with van der Waals surface area (Å²) in [6.07, 6.45) is 0.725. The molecule has 7 heteroatoms. The molecule has 1 aromatic rings. The number of carboxylic acid groups (broad SMARTS) is 1. The number of halogens is 1. The third kappa shape index (κ3) is 3.07. The first-order valence-corrected chi connectivity index (χ1v) is 8.15. The van der Waals surface area contributed by atoms with Gasteiger partial charge in [0.05, 0.1) is 10.2 Å². The molecule has 0 saturated carbocycles. The largest absolute Gasteiger partial charge is 0.479 e. The molecule has 2 rings (SSSR count). The third-order valence-electron chi connectivity index (χ3n) is 2.77. The van der Waals surface area contributed by atoms with Crippen LogP contribution in [0.15, 0.2) is 15.9 Å². The minimum atomic E-state index is -1.07. The quantitative estimate of drug-likeness (QED) is 0.873. The maximum atomic E-state index is 11.9. The van der Waals surface area contributed by atoms with Gasteiger partial charge < -0.3 is 10.4 Å².